The van der Waals surface area contributed by atoms with E-state index in [9.17, 15) is 4.79 Å². The summed E-state index contributed by atoms with van der Waals surface area (Å²) in [6.45, 7) is 0.208. The quantitative estimate of drug-likeness (QED) is 0.631. The van der Waals surface area contributed by atoms with Crippen LogP contribution in [-0.4, -0.2) is 5.97 Å². The summed E-state index contributed by atoms with van der Waals surface area (Å²) in [7, 11) is 0. The molecule has 0 N–H and O–H groups in total. The minimum absolute atomic E-state index is 0.208. The lowest BCUT2D eigenvalue weighted by Crippen LogP contribution is -2.00. The van der Waals surface area contributed by atoms with Crippen LogP contribution >= 0.6 is 11.3 Å². The van der Waals surface area contributed by atoms with E-state index in [0.717, 1.165) is 10.4 Å². The van der Waals surface area contributed by atoms with Crippen molar-refractivity contribution in [1.82, 2.24) is 0 Å². The van der Waals surface area contributed by atoms with Crippen molar-refractivity contribution in [2.75, 3.05) is 0 Å². The molecule has 4 heteroatoms. The molecule has 0 saturated carbocycles. The molecule has 1 heterocycles. The van der Waals surface area contributed by atoms with E-state index in [1.54, 1.807) is 41.7 Å². The zero-order valence-corrected chi connectivity index (χ0v) is 10.9. The second-order valence-electron chi connectivity index (χ2n) is 3.77. The highest BCUT2D eigenvalue weighted by atomic mass is 32.1. The molecule has 0 bridgehead atoms. The maximum atomic E-state index is 11.5. The Morgan fingerprint density at radius 3 is 2.74 bits per heavy atom. The molecule has 0 aliphatic rings. The largest absolute Gasteiger partial charge is 0.458 e. The minimum Gasteiger partial charge on any atom is -0.458 e. The van der Waals surface area contributed by atoms with E-state index >= 15 is 0 Å². The van der Waals surface area contributed by atoms with Crippen molar-refractivity contribution in [2.24, 2.45) is 0 Å². The first-order valence-electron chi connectivity index (χ1n) is 5.65. The zero-order valence-electron chi connectivity index (χ0n) is 10.1. The van der Waals surface area contributed by atoms with Gasteiger partial charge < -0.3 is 4.74 Å². The van der Waals surface area contributed by atoms with Crippen molar-refractivity contribution in [1.29, 1.82) is 5.26 Å². The summed E-state index contributed by atoms with van der Waals surface area (Å²) in [6, 6.07) is 12.8. The Bertz CT molecular complexity index is 607. The number of nitrogens with zero attached hydrogens (tertiary/aromatic N) is 1. The van der Waals surface area contributed by atoms with Crippen LogP contribution in [0.25, 0.3) is 6.08 Å². The molecule has 0 unspecified atom stereocenters. The highest BCUT2D eigenvalue weighted by Gasteiger charge is 1.99. The second-order valence-corrected chi connectivity index (χ2v) is 4.74. The van der Waals surface area contributed by atoms with Gasteiger partial charge in [-0.3, -0.25) is 0 Å². The third-order valence-electron chi connectivity index (χ3n) is 2.39. The number of hydrogen-bond donors (Lipinski definition) is 0. The molecule has 0 spiro atoms. The van der Waals surface area contributed by atoms with Gasteiger partial charge in [0.15, 0.2) is 0 Å². The summed E-state index contributed by atoms with van der Waals surface area (Å²) in [5.41, 5.74) is 1.45. The third kappa shape index (κ3) is 4.09. The topological polar surface area (TPSA) is 50.1 Å². The fraction of sp³-hybridized carbons (Fsp3) is 0.0667. The van der Waals surface area contributed by atoms with E-state index in [1.807, 2.05) is 23.6 Å². The van der Waals surface area contributed by atoms with Crippen LogP contribution in [0.1, 0.15) is 16.0 Å². The maximum Gasteiger partial charge on any atom is 0.331 e. The number of thiophene rings is 1. The Hall–Kier alpha value is -2.38. The average molecular weight is 269 g/mol. The first-order chi connectivity index (χ1) is 9.28. The fourth-order valence-corrected chi connectivity index (χ4v) is 2.03. The highest BCUT2D eigenvalue weighted by molar-refractivity contribution is 7.10. The summed E-state index contributed by atoms with van der Waals surface area (Å²) in [5, 5.41) is 10.6. The molecule has 0 atom stereocenters. The van der Waals surface area contributed by atoms with Crippen molar-refractivity contribution in [3.05, 3.63) is 63.9 Å². The van der Waals surface area contributed by atoms with Crippen LogP contribution in [0.15, 0.2) is 47.9 Å². The Labute approximate surface area is 115 Å². The van der Waals surface area contributed by atoms with Crippen LogP contribution < -0.4 is 0 Å². The van der Waals surface area contributed by atoms with Crippen LogP contribution in [0.2, 0.25) is 0 Å². The van der Waals surface area contributed by atoms with Crippen LogP contribution in [0.3, 0.4) is 0 Å². The molecule has 0 fully saturated rings. The Balaban J connectivity index is 1.84. The van der Waals surface area contributed by atoms with E-state index in [4.69, 9.17) is 10.00 Å². The lowest BCUT2D eigenvalue weighted by atomic mass is 10.2. The number of ether oxygens (including phenoxy) is 1. The molecular formula is C15H11NO2S. The van der Waals surface area contributed by atoms with Gasteiger partial charge in [-0.15, -0.1) is 11.3 Å². The molecule has 2 aromatic rings. The van der Waals surface area contributed by atoms with E-state index in [1.165, 1.54) is 6.08 Å². The van der Waals surface area contributed by atoms with Gasteiger partial charge in [-0.2, -0.15) is 5.26 Å². The maximum absolute atomic E-state index is 11.5. The zero-order chi connectivity index (χ0) is 13.5. The van der Waals surface area contributed by atoms with Gasteiger partial charge in [-0.25, -0.2) is 4.79 Å². The summed E-state index contributed by atoms with van der Waals surface area (Å²) in [4.78, 5) is 12.5. The average Bonchev–Trinajstić information content (AvgIpc) is 2.96. The molecule has 0 aliphatic heterocycles. The number of carbonyl (C=O) groups excluding carboxylic acids is 1. The summed E-state index contributed by atoms with van der Waals surface area (Å²) in [5.74, 6) is -0.377. The molecule has 0 amide bonds. The fourth-order valence-electron chi connectivity index (χ4n) is 1.41. The van der Waals surface area contributed by atoms with Crippen LogP contribution in [0, 0.1) is 11.3 Å². The standard InChI is InChI=1S/C15H11NO2S/c16-10-12-3-5-13(6-4-12)11-18-15(17)8-7-14-2-1-9-19-14/h1-9H,11H2/b8-7+. The molecular weight excluding hydrogens is 258 g/mol. The van der Waals surface area contributed by atoms with E-state index in [-0.39, 0.29) is 12.6 Å². The lowest BCUT2D eigenvalue weighted by molar-refractivity contribution is -0.138. The summed E-state index contributed by atoms with van der Waals surface area (Å²) < 4.78 is 5.10. The summed E-state index contributed by atoms with van der Waals surface area (Å²) >= 11 is 1.56. The van der Waals surface area contributed by atoms with Crippen molar-refractivity contribution in [3.63, 3.8) is 0 Å². The van der Waals surface area contributed by atoms with Crippen LogP contribution in [-0.2, 0) is 16.1 Å². The predicted octanol–water partition coefficient (Wildman–Crippen LogP) is 3.38. The molecule has 94 valence electrons. The van der Waals surface area contributed by atoms with Crippen LogP contribution in [0.5, 0.6) is 0 Å². The van der Waals surface area contributed by atoms with Gasteiger partial charge in [0.25, 0.3) is 0 Å². The van der Waals surface area contributed by atoms with Crippen molar-refractivity contribution in [2.45, 2.75) is 6.61 Å². The first-order valence-corrected chi connectivity index (χ1v) is 6.53. The normalized spacial score (nSPS) is 10.3. The van der Waals surface area contributed by atoms with Gasteiger partial charge in [0.1, 0.15) is 6.61 Å². The monoisotopic (exact) mass is 269 g/mol. The van der Waals surface area contributed by atoms with Gasteiger partial charge in [0.05, 0.1) is 11.6 Å². The molecule has 1 aromatic heterocycles. The summed E-state index contributed by atoms with van der Waals surface area (Å²) in [6.07, 6.45) is 3.14. The van der Waals surface area contributed by atoms with E-state index in [2.05, 4.69) is 0 Å². The lowest BCUT2D eigenvalue weighted by Gasteiger charge is -2.01. The molecule has 1 aromatic carbocycles. The Morgan fingerprint density at radius 2 is 2.11 bits per heavy atom. The highest BCUT2D eigenvalue weighted by Crippen LogP contribution is 2.10. The van der Waals surface area contributed by atoms with Crippen molar-refractivity contribution in [3.8, 4) is 6.07 Å². The van der Waals surface area contributed by atoms with Gasteiger partial charge in [0.2, 0.25) is 0 Å². The van der Waals surface area contributed by atoms with Gasteiger partial charge in [0, 0.05) is 11.0 Å². The first kappa shape index (κ1) is 13.1. The molecule has 0 radical (unpaired) electrons. The number of rotatable bonds is 4. The second kappa shape index (κ2) is 6.53. The van der Waals surface area contributed by atoms with E-state index in [0.29, 0.717) is 5.56 Å². The molecule has 0 aliphatic carbocycles. The molecule has 0 saturated heterocycles. The van der Waals surface area contributed by atoms with Crippen molar-refractivity contribution < 1.29 is 9.53 Å². The molecule has 2 rings (SSSR count). The van der Waals surface area contributed by atoms with E-state index < -0.39 is 0 Å². The Kier molecular flexibility index (Phi) is 4.49. The van der Waals surface area contributed by atoms with Gasteiger partial charge >= 0.3 is 5.97 Å². The molecule has 3 nitrogen and oxygen atoms in total. The van der Waals surface area contributed by atoms with Gasteiger partial charge in [-0.1, -0.05) is 18.2 Å². The Morgan fingerprint density at radius 1 is 1.32 bits per heavy atom. The van der Waals surface area contributed by atoms with Crippen molar-refractivity contribution >= 4 is 23.4 Å². The predicted molar refractivity (Wildman–Crippen MR) is 74.3 cm³/mol. The number of carbonyl (C=O) groups is 1. The number of esters is 1. The number of nitriles is 1. The minimum atomic E-state index is -0.377. The van der Waals surface area contributed by atoms with Gasteiger partial charge in [-0.05, 0) is 35.2 Å². The van der Waals surface area contributed by atoms with Crippen LogP contribution in [0.4, 0.5) is 0 Å². The SMILES string of the molecule is N#Cc1ccc(COC(=O)/C=C/c2cccs2)cc1. The molecule has 19 heavy (non-hydrogen) atoms. The number of hydrogen-bond acceptors (Lipinski definition) is 4. The smallest absolute Gasteiger partial charge is 0.331 e. The third-order valence-corrected chi connectivity index (χ3v) is 3.23. The number of benzene rings is 1.